The Labute approximate surface area is 200 Å². The Hall–Kier alpha value is -3.73. The van der Waals surface area contributed by atoms with E-state index in [2.05, 4.69) is 20.4 Å². The van der Waals surface area contributed by atoms with Gasteiger partial charge in [-0.25, -0.2) is 14.5 Å². The Morgan fingerprint density at radius 2 is 2.03 bits per heavy atom. The van der Waals surface area contributed by atoms with E-state index in [9.17, 15) is 15.0 Å². The number of fused-ring (bicyclic) bond motifs is 1. The van der Waals surface area contributed by atoms with Crippen molar-refractivity contribution < 1.29 is 19.7 Å². The van der Waals surface area contributed by atoms with Crippen LogP contribution in [0.2, 0.25) is 5.02 Å². The van der Waals surface area contributed by atoms with Crippen molar-refractivity contribution in [3.05, 3.63) is 70.6 Å². The molecule has 0 saturated heterocycles. The molecular formula is C23H23ClN6O4. The molecule has 11 heteroatoms. The van der Waals surface area contributed by atoms with E-state index in [0.29, 0.717) is 39.3 Å². The van der Waals surface area contributed by atoms with Crippen molar-refractivity contribution in [2.24, 2.45) is 0 Å². The number of nitrogens with zero attached hydrogens (tertiary/aromatic N) is 4. The van der Waals surface area contributed by atoms with Crippen molar-refractivity contribution in [3.63, 3.8) is 0 Å². The van der Waals surface area contributed by atoms with E-state index < -0.39 is 12.0 Å². The molecule has 1 amide bonds. The third-order valence-corrected chi connectivity index (χ3v) is 5.63. The van der Waals surface area contributed by atoms with Crippen molar-refractivity contribution >= 4 is 28.8 Å². The summed E-state index contributed by atoms with van der Waals surface area (Å²) in [6.07, 6.45) is 2.41. The summed E-state index contributed by atoms with van der Waals surface area (Å²) in [4.78, 5) is 21.2. The first kappa shape index (κ1) is 23.4. The number of carbonyl (C=O) groups is 1. The number of anilines is 1. The molecule has 0 radical (unpaired) electrons. The summed E-state index contributed by atoms with van der Waals surface area (Å²) in [6, 6.07) is 10.2. The number of nitrogens with one attached hydrogen (secondary N) is 1. The third-order valence-electron chi connectivity index (χ3n) is 5.37. The number of aliphatic hydroxyl groups excluding tert-OH is 2. The maximum Gasteiger partial charge on any atom is 0.256 e. The number of nitrogen functional groups attached to an aromatic ring is 1. The van der Waals surface area contributed by atoms with Crippen molar-refractivity contribution in [2.75, 3.05) is 19.4 Å². The van der Waals surface area contributed by atoms with Gasteiger partial charge in [0.05, 0.1) is 25.5 Å². The molecule has 4 aromatic rings. The number of ether oxygens (including phenoxy) is 1. The highest BCUT2D eigenvalue weighted by Crippen LogP contribution is 2.30. The molecule has 0 fully saturated rings. The fourth-order valence-electron chi connectivity index (χ4n) is 3.66. The summed E-state index contributed by atoms with van der Waals surface area (Å²) < 4.78 is 6.82. The van der Waals surface area contributed by atoms with E-state index in [4.69, 9.17) is 22.1 Å². The van der Waals surface area contributed by atoms with Crippen molar-refractivity contribution in [1.82, 2.24) is 24.9 Å². The average molecular weight is 483 g/mol. The molecule has 0 saturated carbocycles. The van der Waals surface area contributed by atoms with Gasteiger partial charge in [0.1, 0.15) is 17.4 Å². The second kappa shape index (κ2) is 10.0. The highest BCUT2D eigenvalue weighted by molar-refractivity contribution is 6.30. The fourth-order valence-corrected chi connectivity index (χ4v) is 3.78. The van der Waals surface area contributed by atoms with Gasteiger partial charge in [-0.2, -0.15) is 5.10 Å². The summed E-state index contributed by atoms with van der Waals surface area (Å²) in [5.41, 5.74) is 9.07. The number of hydrogen-bond acceptors (Lipinski definition) is 8. The number of rotatable bonds is 8. The van der Waals surface area contributed by atoms with Crippen molar-refractivity contribution in [1.29, 1.82) is 0 Å². The largest absolute Gasteiger partial charge is 0.480 e. The summed E-state index contributed by atoms with van der Waals surface area (Å²) in [5, 5.41) is 27.7. The highest BCUT2D eigenvalue weighted by Gasteiger charge is 2.19. The van der Waals surface area contributed by atoms with Gasteiger partial charge in [0.2, 0.25) is 5.88 Å². The molecule has 0 bridgehead atoms. The van der Waals surface area contributed by atoms with Gasteiger partial charge in [0.25, 0.3) is 5.91 Å². The molecule has 4 rings (SSSR count). The Morgan fingerprint density at radius 3 is 2.74 bits per heavy atom. The summed E-state index contributed by atoms with van der Waals surface area (Å²) in [6.45, 7) is -0.0313. The van der Waals surface area contributed by atoms with E-state index in [0.717, 1.165) is 0 Å². The lowest BCUT2D eigenvalue weighted by Gasteiger charge is -2.13. The zero-order valence-electron chi connectivity index (χ0n) is 18.3. The zero-order chi connectivity index (χ0) is 24.2. The Bertz CT molecular complexity index is 1330. The number of pyridine rings is 1. The molecule has 1 atom stereocenters. The number of halogens is 1. The quantitative estimate of drug-likeness (QED) is 0.299. The maximum atomic E-state index is 12.9. The normalized spacial score (nSPS) is 12.0. The molecule has 0 aliphatic carbocycles. The summed E-state index contributed by atoms with van der Waals surface area (Å²) >= 11 is 5.88. The molecule has 10 nitrogen and oxygen atoms in total. The SMILES string of the molecule is COc1ncc(-c2cc(CO)c3c(N)ncnn23)cc1C(=O)NCCC(O)c1ccc(Cl)cc1. The van der Waals surface area contributed by atoms with Crippen molar-refractivity contribution in [3.8, 4) is 17.1 Å². The first-order valence-electron chi connectivity index (χ1n) is 10.4. The minimum absolute atomic E-state index is 0.150. The Kier molecular flexibility index (Phi) is 6.92. The van der Waals surface area contributed by atoms with E-state index in [-0.39, 0.29) is 30.4 Å². The number of hydrogen-bond donors (Lipinski definition) is 4. The summed E-state index contributed by atoms with van der Waals surface area (Å²) in [7, 11) is 1.42. The van der Waals surface area contributed by atoms with Gasteiger partial charge in [-0.15, -0.1) is 0 Å². The minimum Gasteiger partial charge on any atom is -0.480 e. The minimum atomic E-state index is -0.752. The number of carbonyl (C=O) groups excluding carboxylic acids is 1. The summed E-state index contributed by atoms with van der Waals surface area (Å²) in [5.74, 6) is -0.0345. The molecule has 5 N–H and O–H groups in total. The van der Waals surface area contributed by atoms with Gasteiger partial charge >= 0.3 is 0 Å². The lowest BCUT2D eigenvalue weighted by Crippen LogP contribution is -2.26. The van der Waals surface area contributed by atoms with E-state index >= 15 is 0 Å². The molecule has 3 heterocycles. The monoisotopic (exact) mass is 482 g/mol. The third kappa shape index (κ3) is 4.65. The molecule has 1 unspecified atom stereocenters. The van der Waals surface area contributed by atoms with Gasteiger partial charge in [0.15, 0.2) is 5.82 Å². The maximum absolute atomic E-state index is 12.9. The number of methoxy groups -OCH3 is 1. The molecule has 1 aromatic carbocycles. The van der Waals surface area contributed by atoms with E-state index in [1.807, 2.05) is 0 Å². The Balaban J connectivity index is 1.56. The number of benzene rings is 1. The number of aliphatic hydroxyl groups is 2. The number of aromatic nitrogens is 4. The van der Waals surface area contributed by atoms with Crippen LogP contribution in [0.5, 0.6) is 5.88 Å². The van der Waals surface area contributed by atoms with Crippen LogP contribution in [0.1, 0.15) is 34.0 Å². The molecule has 3 aromatic heterocycles. The van der Waals surface area contributed by atoms with Crippen LogP contribution in [0.15, 0.2) is 48.9 Å². The van der Waals surface area contributed by atoms with Gasteiger partial charge in [0, 0.05) is 28.9 Å². The van der Waals surface area contributed by atoms with Crippen LogP contribution >= 0.6 is 11.6 Å². The molecule has 176 valence electrons. The van der Waals surface area contributed by atoms with Crippen LogP contribution < -0.4 is 15.8 Å². The predicted molar refractivity (Wildman–Crippen MR) is 126 cm³/mol. The van der Waals surface area contributed by atoms with Crippen LogP contribution in [0, 0.1) is 0 Å². The molecule has 0 aliphatic rings. The van der Waals surface area contributed by atoms with Crippen LogP contribution in [0.4, 0.5) is 5.82 Å². The second-order valence-electron chi connectivity index (χ2n) is 7.51. The standard InChI is InChI=1S/C23H23ClN6O4/c1-34-23-17(22(33)26-7-6-19(32)13-2-4-16(24)5-3-13)8-14(10-27-23)18-9-15(11-31)20-21(25)28-12-29-30(18)20/h2-5,8-10,12,19,31-32H,6-7,11H2,1H3,(H,26,33)(H2,25,28,29). The van der Waals surface area contributed by atoms with Crippen molar-refractivity contribution in [2.45, 2.75) is 19.1 Å². The zero-order valence-corrected chi connectivity index (χ0v) is 19.0. The van der Waals surface area contributed by atoms with E-state index in [1.54, 1.807) is 47.1 Å². The van der Waals surface area contributed by atoms with Gasteiger partial charge in [-0.1, -0.05) is 23.7 Å². The van der Waals surface area contributed by atoms with Crippen LogP contribution in [-0.2, 0) is 6.61 Å². The highest BCUT2D eigenvalue weighted by atomic mass is 35.5. The average Bonchev–Trinajstić information content (AvgIpc) is 3.24. The lowest BCUT2D eigenvalue weighted by molar-refractivity contribution is 0.0939. The van der Waals surface area contributed by atoms with Crippen LogP contribution in [-0.4, -0.2) is 49.4 Å². The number of nitrogens with two attached hydrogens (primary N) is 1. The Morgan fingerprint density at radius 1 is 1.26 bits per heavy atom. The molecular weight excluding hydrogens is 460 g/mol. The first-order chi connectivity index (χ1) is 16.4. The van der Waals surface area contributed by atoms with Crippen LogP contribution in [0.3, 0.4) is 0 Å². The van der Waals surface area contributed by atoms with Crippen LogP contribution in [0.25, 0.3) is 16.8 Å². The number of amides is 1. The fraction of sp³-hybridized carbons (Fsp3) is 0.217. The molecule has 0 aliphatic heterocycles. The second-order valence-corrected chi connectivity index (χ2v) is 7.95. The van der Waals surface area contributed by atoms with Gasteiger partial charge < -0.3 is 26.0 Å². The molecule has 0 spiro atoms. The lowest BCUT2D eigenvalue weighted by atomic mass is 10.1. The van der Waals surface area contributed by atoms with Gasteiger partial charge in [-0.05, 0) is 36.2 Å². The van der Waals surface area contributed by atoms with E-state index in [1.165, 1.54) is 13.4 Å². The molecule has 34 heavy (non-hydrogen) atoms. The first-order valence-corrected chi connectivity index (χ1v) is 10.8. The van der Waals surface area contributed by atoms with Gasteiger partial charge in [-0.3, -0.25) is 4.79 Å². The predicted octanol–water partition coefficient (Wildman–Crippen LogP) is 2.38. The smallest absolute Gasteiger partial charge is 0.256 e. The topological polar surface area (TPSA) is 148 Å².